The van der Waals surface area contributed by atoms with Gasteiger partial charge >= 0.3 is 12.0 Å². The molecule has 0 saturated heterocycles. The van der Waals surface area contributed by atoms with E-state index in [1.54, 1.807) is 34.2 Å². The van der Waals surface area contributed by atoms with Gasteiger partial charge in [0.25, 0.3) is 0 Å². The summed E-state index contributed by atoms with van der Waals surface area (Å²) in [6.45, 7) is 1.97. The quantitative estimate of drug-likeness (QED) is 0.604. The number of methoxy groups -OCH3 is 1. The smallest absolute Gasteiger partial charge is 0.338 e. The van der Waals surface area contributed by atoms with E-state index in [9.17, 15) is 9.59 Å². The van der Waals surface area contributed by atoms with Crippen LogP contribution in [0.1, 0.15) is 18.5 Å². The first kappa shape index (κ1) is 18.1. The molecule has 0 fully saturated rings. The van der Waals surface area contributed by atoms with Crippen LogP contribution in [0.2, 0.25) is 0 Å². The van der Waals surface area contributed by atoms with E-state index in [-0.39, 0.29) is 18.5 Å². The Labute approximate surface area is 146 Å². The predicted octanol–water partition coefficient (Wildman–Crippen LogP) is 2.79. The van der Waals surface area contributed by atoms with Crippen LogP contribution >= 0.6 is 11.6 Å². The van der Waals surface area contributed by atoms with Crippen LogP contribution in [0, 0.1) is 0 Å². The van der Waals surface area contributed by atoms with Crippen molar-refractivity contribution in [1.29, 1.82) is 0 Å². The number of nitrogens with zero attached hydrogens (tertiary/aromatic N) is 2. The number of esters is 1. The Morgan fingerprint density at radius 3 is 2.54 bits per heavy atom. The standard InChI is InChI=1S/C17H21ClN2O4/c1-5-24-16(21)14-12(10-18)19(2)17(22)20(3)15(14)11-8-6-7-9-13(11)23-4/h6-9,15H,5,10H2,1-4H3. The normalized spacial score (nSPS) is 18.0. The average molecular weight is 353 g/mol. The Hall–Kier alpha value is -2.21. The third kappa shape index (κ3) is 3.06. The van der Waals surface area contributed by atoms with Crippen molar-refractivity contribution in [2.45, 2.75) is 13.0 Å². The molecule has 0 radical (unpaired) electrons. The van der Waals surface area contributed by atoms with Gasteiger partial charge in [-0.3, -0.25) is 4.90 Å². The zero-order chi connectivity index (χ0) is 17.9. The fourth-order valence-electron chi connectivity index (χ4n) is 2.85. The van der Waals surface area contributed by atoms with Crippen LogP contribution in [0.4, 0.5) is 4.79 Å². The SMILES string of the molecule is CCOC(=O)C1=C(CCl)N(C)C(=O)N(C)C1c1ccccc1OC. The number of likely N-dealkylation sites (N-methyl/N-ethyl adjacent to an activating group) is 1. The number of hydrogen-bond acceptors (Lipinski definition) is 4. The van der Waals surface area contributed by atoms with Crippen molar-refractivity contribution in [2.75, 3.05) is 33.7 Å². The molecule has 1 heterocycles. The van der Waals surface area contributed by atoms with Crippen LogP contribution in [-0.4, -0.2) is 55.5 Å². The lowest BCUT2D eigenvalue weighted by Crippen LogP contribution is -2.48. The predicted molar refractivity (Wildman–Crippen MR) is 91.0 cm³/mol. The van der Waals surface area contributed by atoms with Gasteiger partial charge in [-0.15, -0.1) is 11.6 Å². The summed E-state index contributed by atoms with van der Waals surface area (Å²) in [5, 5.41) is 0. The zero-order valence-electron chi connectivity index (χ0n) is 14.2. The average Bonchev–Trinajstić information content (AvgIpc) is 2.59. The first-order valence-corrected chi connectivity index (χ1v) is 8.10. The van der Waals surface area contributed by atoms with Crippen LogP contribution in [0.5, 0.6) is 5.75 Å². The molecule has 2 amide bonds. The fraction of sp³-hybridized carbons (Fsp3) is 0.412. The fourth-order valence-corrected chi connectivity index (χ4v) is 3.17. The number of hydrogen-bond donors (Lipinski definition) is 0. The highest BCUT2D eigenvalue weighted by molar-refractivity contribution is 6.20. The first-order valence-electron chi connectivity index (χ1n) is 7.57. The van der Waals surface area contributed by atoms with Gasteiger partial charge in [-0.05, 0) is 13.0 Å². The number of halogens is 1. The molecule has 0 aliphatic carbocycles. The van der Waals surface area contributed by atoms with Gasteiger partial charge in [-0.1, -0.05) is 18.2 Å². The summed E-state index contributed by atoms with van der Waals surface area (Å²) < 4.78 is 10.6. The molecule has 0 spiro atoms. The number of benzene rings is 1. The largest absolute Gasteiger partial charge is 0.496 e. The summed E-state index contributed by atoms with van der Waals surface area (Å²) in [7, 11) is 4.78. The second-order valence-corrected chi connectivity index (χ2v) is 5.58. The lowest BCUT2D eigenvalue weighted by atomic mass is 9.93. The third-order valence-electron chi connectivity index (χ3n) is 4.02. The summed E-state index contributed by atoms with van der Waals surface area (Å²) in [5.41, 5.74) is 1.49. The Morgan fingerprint density at radius 1 is 1.29 bits per heavy atom. The van der Waals surface area contributed by atoms with Gasteiger partial charge in [0.2, 0.25) is 0 Å². The van der Waals surface area contributed by atoms with Gasteiger partial charge < -0.3 is 14.4 Å². The van der Waals surface area contributed by atoms with Crippen molar-refractivity contribution in [3.63, 3.8) is 0 Å². The first-order chi connectivity index (χ1) is 11.5. The number of urea groups is 1. The summed E-state index contributed by atoms with van der Waals surface area (Å²) in [6, 6.07) is 6.39. The minimum absolute atomic E-state index is 0.0237. The van der Waals surface area contributed by atoms with Gasteiger partial charge in [-0.2, -0.15) is 0 Å². The van der Waals surface area contributed by atoms with E-state index in [1.165, 1.54) is 9.80 Å². The number of ether oxygens (including phenoxy) is 2. The van der Waals surface area contributed by atoms with Crippen LogP contribution in [0.3, 0.4) is 0 Å². The van der Waals surface area contributed by atoms with Crippen molar-refractivity contribution in [3.8, 4) is 5.75 Å². The Bertz CT molecular complexity index is 674. The molecule has 24 heavy (non-hydrogen) atoms. The van der Waals surface area contributed by atoms with E-state index < -0.39 is 12.0 Å². The van der Waals surface area contributed by atoms with E-state index in [0.29, 0.717) is 22.6 Å². The molecular formula is C17H21ClN2O4. The number of amides is 2. The summed E-state index contributed by atoms with van der Waals surface area (Å²) in [6.07, 6.45) is 0. The molecule has 1 aromatic carbocycles. The third-order valence-corrected chi connectivity index (χ3v) is 4.27. The second kappa shape index (κ2) is 7.57. The minimum Gasteiger partial charge on any atom is -0.496 e. The Morgan fingerprint density at radius 2 is 1.96 bits per heavy atom. The number of carbonyl (C=O) groups excluding carboxylic acids is 2. The van der Waals surface area contributed by atoms with Crippen molar-refractivity contribution >= 4 is 23.6 Å². The number of allylic oxidation sites excluding steroid dienone is 1. The maximum Gasteiger partial charge on any atom is 0.338 e. The zero-order valence-corrected chi connectivity index (χ0v) is 15.0. The molecule has 1 aliphatic rings. The highest BCUT2D eigenvalue weighted by Crippen LogP contribution is 2.40. The Kier molecular flexibility index (Phi) is 5.72. The maximum atomic E-state index is 12.6. The summed E-state index contributed by atoms with van der Waals surface area (Å²) in [5.74, 6) is 0.119. The lowest BCUT2D eigenvalue weighted by Gasteiger charge is -2.40. The molecule has 0 bridgehead atoms. The molecule has 0 saturated carbocycles. The molecule has 1 aromatic rings. The van der Waals surface area contributed by atoms with Crippen molar-refractivity contribution in [1.82, 2.24) is 9.80 Å². The van der Waals surface area contributed by atoms with Crippen LogP contribution in [-0.2, 0) is 9.53 Å². The molecule has 0 N–H and O–H groups in total. The highest BCUT2D eigenvalue weighted by atomic mass is 35.5. The van der Waals surface area contributed by atoms with E-state index >= 15 is 0 Å². The molecule has 1 atom stereocenters. The summed E-state index contributed by atoms with van der Waals surface area (Å²) in [4.78, 5) is 28.0. The van der Waals surface area contributed by atoms with Crippen molar-refractivity contribution in [2.24, 2.45) is 0 Å². The van der Waals surface area contributed by atoms with Gasteiger partial charge in [0.05, 0.1) is 31.2 Å². The molecular weight excluding hydrogens is 332 g/mol. The maximum absolute atomic E-state index is 12.6. The van der Waals surface area contributed by atoms with E-state index in [4.69, 9.17) is 21.1 Å². The monoisotopic (exact) mass is 352 g/mol. The molecule has 0 aromatic heterocycles. The van der Waals surface area contributed by atoms with Crippen molar-refractivity contribution in [3.05, 3.63) is 41.1 Å². The summed E-state index contributed by atoms with van der Waals surface area (Å²) >= 11 is 6.04. The molecule has 130 valence electrons. The number of para-hydroxylation sites is 1. The van der Waals surface area contributed by atoms with Crippen LogP contribution in [0.25, 0.3) is 0 Å². The van der Waals surface area contributed by atoms with Crippen LogP contribution < -0.4 is 4.74 Å². The van der Waals surface area contributed by atoms with Gasteiger partial charge in [0, 0.05) is 25.4 Å². The second-order valence-electron chi connectivity index (χ2n) is 5.31. The van der Waals surface area contributed by atoms with E-state index in [2.05, 4.69) is 0 Å². The van der Waals surface area contributed by atoms with Gasteiger partial charge in [-0.25, -0.2) is 9.59 Å². The minimum atomic E-state index is -0.627. The highest BCUT2D eigenvalue weighted by Gasteiger charge is 2.41. The molecule has 1 aliphatic heterocycles. The Balaban J connectivity index is 2.70. The van der Waals surface area contributed by atoms with Crippen LogP contribution in [0.15, 0.2) is 35.5 Å². The molecule has 6 nitrogen and oxygen atoms in total. The molecule has 1 unspecified atom stereocenters. The van der Waals surface area contributed by atoms with Gasteiger partial charge in [0.15, 0.2) is 0 Å². The molecule has 2 rings (SSSR count). The van der Waals surface area contributed by atoms with E-state index in [1.807, 2.05) is 18.2 Å². The topological polar surface area (TPSA) is 59.1 Å². The number of alkyl halides is 1. The number of rotatable bonds is 5. The lowest BCUT2D eigenvalue weighted by molar-refractivity contribution is -0.139. The van der Waals surface area contributed by atoms with Gasteiger partial charge in [0.1, 0.15) is 5.75 Å². The van der Waals surface area contributed by atoms with E-state index in [0.717, 1.165) is 0 Å². The van der Waals surface area contributed by atoms with Crippen molar-refractivity contribution < 1.29 is 19.1 Å². The molecule has 7 heteroatoms. The number of carbonyl (C=O) groups is 2.